The smallest absolute Gasteiger partial charge is 0.251 e. The van der Waals surface area contributed by atoms with Crippen LogP contribution in [0.2, 0.25) is 0 Å². The molecule has 0 saturated heterocycles. The van der Waals surface area contributed by atoms with Crippen LogP contribution in [0.3, 0.4) is 0 Å². The van der Waals surface area contributed by atoms with E-state index < -0.39 is 6.10 Å². The topological polar surface area (TPSA) is 65.7 Å². The van der Waals surface area contributed by atoms with Gasteiger partial charge in [-0.05, 0) is 50.2 Å². The van der Waals surface area contributed by atoms with Crippen molar-refractivity contribution in [2.75, 3.05) is 24.5 Å². The molecule has 1 heterocycles. The molecule has 5 heteroatoms. The second-order valence-electron chi connectivity index (χ2n) is 4.96. The van der Waals surface area contributed by atoms with Crippen LogP contribution in [0.5, 0.6) is 0 Å². The Labute approximate surface area is 130 Å². The summed E-state index contributed by atoms with van der Waals surface area (Å²) >= 11 is 0. The van der Waals surface area contributed by atoms with Gasteiger partial charge in [0.15, 0.2) is 0 Å². The number of aliphatic hydroxyl groups excluding tert-OH is 1. The number of carbonyl (C=O) groups excluding carboxylic acids is 1. The summed E-state index contributed by atoms with van der Waals surface area (Å²) in [5.74, 6) is 0.230. The largest absolute Gasteiger partial charge is 0.467 e. The maximum absolute atomic E-state index is 12.1. The molecule has 0 fully saturated rings. The molecule has 0 saturated carbocycles. The Balaban J connectivity index is 1.92. The van der Waals surface area contributed by atoms with E-state index in [1.165, 1.54) is 6.26 Å². The number of nitrogens with one attached hydrogen (secondary N) is 1. The van der Waals surface area contributed by atoms with E-state index in [-0.39, 0.29) is 12.5 Å². The highest BCUT2D eigenvalue weighted by atomic mass is 16.4. The highest BCUT2D eigenvalue weighted by Crippen LogP contribution is 2.15. The molecule has 1 atom stereocenters. The van der Waals surface area contributed by atoms with Gasteiger partial charge in [-0.25, -0.2) is 0 Å². The van der Waals surface area contributed by atoms with Gasteiger partial charge < -0.3 is 19.7 Å². The van der Waals surface area contributed by atoms with Crippen molar-refractivity contribution in [2.45, 2.75) is 20.0 Å². The van der Waals surface area contributed by atoms with Crippen LogP contribution in [-0.4, -0.2) is 30.6 Å². The molecule has 2 rings (SSSR count). The number of anilines is 1. The summed E-state index contributed by atoms with van der Waals surface area (Å²) in [6.07, 6.45) is 0.653. The number of nitrogens with zero attached hydrogens (tertiary/aromatic N) is 1. The lowest BCUT2D eigenvalue weighted by Crippen LogP contribution is -2.28. The lowest BCUT2D eigenvalue weighted by Gasteiger charge is -2.21. The number of amides is 1. The van der Waals surface area contributed by atoms with Crippen LogP contribution in [0.25, 0.3) is 0 Å². The van der Waals surface area contributed by atoms with E-state index in [1.54, 1.807) is 24.3 Å². The van der Waals surface area contributed by atoms with E-state index in [0.29, 0.717) is 11.3 Å². The average molecular weight is 302 g/mol. The predicted molar refractivity (Wildman–Crippen MR) is 86.0 cm³/mol. The first kappa shape index (κ1) is 16.1. The zero-order valence-electron chi connectivity index (χ0n) is 13.0. The molecule has 0 aliphatic carbocycles. The molecule has 5 nitrogen and oxygen atoms in total. The van der Waals surface area contributed by atoms with Gasteiger partial charge in [0.25, 0.3) is 5.91 Å². The molecule has 2 aromatic rings. The Bertz CT molecular complexity index is 574. The number of carbonyl (C=O) groups is 1. The minimum Gasteiger partial charge on any atom is -0.467 e. The first-order valence-electron chi connectivity index (χ1n) is 7.50. The van der Waals surface area contributed by atoms with E-state index in [9.17, 15) is 9.90 Å². The van der Waals surface area contributed by atoms with Crippen LogP contribution in [0, 0.1) is 0 Å². The van der Waals surface area contributed by atoms with Gasteiger partial charge in [0.05, 0.1) is 12.8 Å². The van der Waals surface area contributed by atoms with Crippen LogP contribution in [-0.2, 0) is 0 Å². The summed E-state index contributed by atoms with van der Waals surface area (Å²) in [4.78, 5) is 14.3. The van der Waals surface area contributed by atoms with Gasteiger partial charge in [-0.3, -0.25) is 4.79 Å². The number of furan rings is 1. The molecule has 22 heavy (non-hydrogen) atoms. The van der Waals surface area contributed by atoms with Crippen molar-refractivity contribution >= 4 is 11.6 Å². The molecule has 0 bridgehead atoms. The van der Waals surface area contributed by atoms with Gasteiger partial charge in [-0.15, -0.1) is 0 Å². The number of benzene rings is 1. The average Bonchev–Trinajstić information content (AvgIpc) is 3.08. The van der Waals surface area contributed by atoms with E-state index in [0.717, 1.165) is 18.8 Å². The molecule has 0 aliphatic heterocycles. The van der Waals surface area contributed by atoms with E-state index in [1.807, 2.05) is 12.1 Å². The quantitative estimate of drug-likeness (QED) is 0.825. The zero-order valence-corrected chi connectivity index (χ0v) is 13.0. The van der Waals surface area contributed by atoms with E-state index in [4.69, 9.17) is 4.42 Å². The van der Waals surface area contributed by atoms with E-state index in [2.05, 4.69) is 24.1 Å². The van der Waals surface area contributed by atoms with Gasteiger partial charge >= 0.3 is 0 Å². The maximum Gasteiger partial charge on any atom is 0.251 e. The first-order valence-corrected chi connectivity index (χ1v) is 7.50. The number of hydrogen-bond donors (Lipinski definition) is 2. The first-order chi connectivity index (χ1) is 10.7. The van der Waals surface area contributed by atoms with Gasteiger partial charge in [0.1, 0.15) is 11.9 Å². The minimum absolute atomic E-state index is 0.115. The molecule has 1 aromatic heterocycles. The van der Waals surface area contributed by atoms with Crippen LogP contribution in [0.15, 0.2) is 47.1 Å². The molecule has 118 valence electrons. The SMILES string of the molecule is CCN(CC)c1ccc(C(=O)NCC(O)c2ccco2)cc1. The van der Waals surface area contributed by atoms with Gasteiger partial charge in [-0.1, -0.05) is 0 Å². The number of rotatable bonds is 7. The van der Waals surface area contributed by atoms with Crippen molar-refractivity contribution in [2.24, 2.45) is 0 Å². The normalized spacial score (nSPS) is 12.0. The molecule has 2 N–H and O–H groups in total. The Morgan fingerprint density at radius 1 is 1.23 bits per heavy atom. The molecule has 1 amide bonds. The molecular weight excluding hydrogens is 280 g/mol. The monoisotopic (exact) mass is 302 g/mol. The molecule has 1 aromatic carbocycles. The molecular formula is C17H22N2O3. The van der Waals surface area contributed by atoms with Crippen LogP contribution >= 0.6 is 0 Å². The third kappa shape index (κ3) is 3.89. The fourth-order valence-electron chi connectivity index (χ4n) is 2.29. The van der Waals surface area contributed by atoms with Gasteiger partial charge in [0, 0.05) is 24.3 Å². The summed E-state index contributed by atoms with van der Waals surface area (Å²) in [5.41, 5.74) is 1.67. The summed E-state index contributed by atoms with van der Waals surface area (Å²) in [5, 5.41) is 12.6. The summed E-state index contributed by atoms with van der Waals surface area (Å²) in [6.45, 7) is 6.17. The van der Waals surface area contributed by atoms with Crippen LogP contribution in [0.4, 0.5) is 5.69 Å². The molecule has 1 unspecified atom stereocenters. The van der Waals surface area contributed by atoms with Gasteiger partial charge in [0.2, 0.25) is 0 Å². The predicted octanol–water partition coefficient (Wildman–Crippen LogP) is 2.59. The molecule has 0 aliphatic rings. The summed E-state index contributed by atoms with van der Waals surface area (Å²) in [7, 11) is 0. The van der Waals surface area contributed by atoms with Crippen molar-refractivity contribution < 1.29 is 14.3 Å². The van der Waals surface area contributed by atoms with Crippen molar-refractivity contribution in [3.63, 3.8) is 0 Å². The molecule has 0 spiro atoms. The Hall–Kier alpha value is -2.27. The van der Waals surface area contributed by atoms with E-state index >= 15 is 0 Å². The highest BCUT2D eigenvalue weighted by Gasteiger charge is 2.13. The van der Waals surface area contributed by atoms with Crippen molar-refractivity contribution in [3.05, 3.63) is 54.0 Å². The second-order valence-corrected chi connectivity index (χ2v) is 4.96. The van der Waals surface area contributed by atoms with Crippen molar-refractivity contribution in [3.8, 4) is 0 Å². The zero-order chi connectivity index (χ0) is 15.9. The Morgan fingerprint density at radius 3 is 2.45 bits per heavy atom. The third-order valence-corrected chi connectivity index (χ3v) is 3.59. The third-order valence-electron chi connectivity index (χ3n) is 3.59. The fraction of sp³-hybridized carbons (Fsp3) is 0.353. The standard InChI is InChI=1S/C17H22N2O3/c1-3-19(4-2)14-9-7-13(8-10-14)17(21)18-12-15(20)16-6-5-11-22-16/h5-11,15,20H,3-4,12H2,1-2H3,(H,18,21). The van der Waals surface area contributed by atoms with Crippen molar-refractivity contribution in [1.29, 1.82) is 0 Å². The fourth-order valence-corrected chi connectivity index (χ4v) is 2.29. The van der Waals surface area contributed by atoms with Crippen molar-refractivity contribution in [1.82, 2.24) is 5.32 Å². The lowest BCUT2D eigenvalue weighted by atomic mass is 10.1. The summed E-state index contributed by atoms with van der Waals surface area (Å²) < 4.78 is 5.09. The number of aliphatic hydroxyl groups is 1. The Kier molecular flexibility index (Phi) is 5.61. The van der Waals surface area contributed by atoms with Crippen LogP contribution < -0.4 is 10.2 Å². The lowest BCUT2D eigenvalue weighted by molar-refractivity contribution is 0.0901. The highest BCUT2D eigenvalue weighted by molar-refractivity contribution is 5.94. The summed E-state index contributed by atoms with van der Waals surface area (Å²) in [6, 6.07) is 10.8. The Morgan fingerprint density at radius 2 is 1.91 bits per heavy atom. The van der Waals surface area contributed by atoms with Gasteiger partial charge in [-0.2, -0.15) is 0 Å². The maximum atomic E-state index is 12.1. The number of hydrogen-bond acceptors (Lipinski definition) is 4. The minimum atomic E-state index is -0.839. The molecule has 0 radical (unpaired) electrons. The second kappa shape index (κ2) is 7.66. The van der Waals surface area contributed by atoms with Crippen LogP contribution in [0.1, 0.15) is 36.1 Å².